The normalized spacial score (nSPS) is 13.2. The van der Waals surface area contributed by atoms with Crippen molar-refractivity contribution in [1.82, 2.24) is 4.98 Å². The van der Waals surface area contributed by atoms with Crippen molar-refractivity contribution in [2.75, 3.05) is 13.2 Å². The highest BCUT2D eigenvalue weighted by atomic mass is 19.4. The fraction of sp³-hybridized carbons (Fsp3) is 0.400. The number of carbonyl (C=O) groups excluding carboxylic acids is 1. The van der Waals surface area contributed by atoms with Gasteiger partial charge in [-0.05, 0) is 42.8 Å². The number of Topliss-reactive ketones (excluding diaryl/α,β-unsaturated/α-hetero) is 1. The number of halogens is 6. The molecule has 4 nitrogen and oxygen atoms in total. The first-order chi connectivity index (χ1) is 14.0. The van der Waals surface area contributed by atoms with E-state index in [9.17, 15) is 31.1 Å². The molecule has 0 fully saturated rings. The summed E-state index contributed by atoms with van der Waals surface area (Å²) in [5.74, 6) is -0.639. The molecule has 10 heteroatoms. The summed E-state index contributed by atoms with van der Waals surface area (Å²) >= 11 is 0. The second-order valence-corrected chi connectivity index (χ2v) is 6.71. The number of benzene rings is 1. The van der Waals surface area contributed by atoms with Gasteiger partial charge in [-0.3, -0.25) is 9.78 Å². The molecule has 0 aliphatic heterocycles. The number of nitrogens with two attached hydrogens (primary N) is 1. The molecular weight excluding hydrogens is 414 g/mol. The number of rotatable bonds is 9. The SMILES string of the molecule is NCC[C@@H](CC(=O)Cc1ccc(C(F)(F)F)cc1)c1ccc(OCC(F)(F)F)cn1. The Morgan fingerprint density at radius 1 is 1.03 bits per heavy atom. The molecule has 0 bridgehead atoms. The van der Waals surface area contributed by atoms with E-state index in [1.165, 1.54) is 24.3 Å². The molecule has 164 valence electrons. The van der Waals surface area contributed by atoms with Crippen molar-refractivity contribution in [3.8, 4) is 5.75 Å². The minimum atomic E-state index is -4.47. The lowest BCUT2D eigenvalue weighted by Crippen LogP contribution is -2.19. The predicted octanol–water partition coefficient (Wildman–Crippen LogP) is 4.68. The summed E-state index contributed by atoms with van der Waals surface area (Å²) < 4.78 is 79.0. The molecule has 0 spiro atoms. The van der Waals surface area contributed by atoms with Crippen LogP contribution in [0.2, 0.25) is 0 Å². The molecule has 2 rings (SSSR count). The van der Waals surface area contributed by atoms with Gasteiger partial charge in [0.25, 0.3) is 0 Å². The Bertz CT molecular complexity index is 817. The predicted molar refractivity (Wildman–Crippen MR) is 97.0 cm³/mol. The van der Waals surface area contributed by atoms with E-state index in [0.717, 1.165) is 18.3 Å². The van der Waals surface area contributed by atoms with Gasteiger partial charge < -0.3 is 10.5 Å². The van der Waals surface area contributed by atoms with Crippen molar-refractivity contribution in [3.63, 3.8) is 0 Å². The van der Waals surface area contributed by atoms with Gasteiger partial charge in [0.05, 0.1) is 11.8 Å². The number of carbonyl (C=O) groups is 1. The molecule has 30 heavy (non-hydrogen) atoms. The molecule has 1 aromatic carbocycles. The Labute approximate surface area is 169 Å². The summed E-state index contributed by atoms with van der Waals surface area (Å²) in [5, 5.41) is 0. The Kier molecular flexibility index (Phi) is 7.83. The highest BCUT2D eigenvalue weighted by Crippen LogP contribution is 2.29. The van der Waals surface area contributed by atoms with Crippen LogP contribution in [-0.4, -0.2) is 30.1 Å². The lowest BCUT2D eigenvalue weighted by Gasteiger charge is -2.16. The fourth-order valence-corrected chi connectivity index (χ4v) is 2.83. The Hall–Kier alpha value is -2.62. The van der Waals surface area contributed by atoms with Crippen LogP contribution in [0.5, 0.6) is 5.75 Å². The summed E-state index contributed by atoms with van der Waals surface area (Å²) in [6.45, 7) is -1.18. The summed E-state index contributed by atoms with van der Waals surface area (Å²) in [5.41, 5.74) is 5.71. The fourth-order valence-electron chi connectivity index (χ4n) is 2.83. The summed E-state index contributed by atoms with van der Waals surface area (Å²) in [6, 6.07) is 7.14. The van der Waals surface area contributed by atoms with Gasteiger partial charge in [-0.2, -0.15) is 26.3 Å². The molecule has 1 aromatic heterocycles. The third kappa shape index (κ3) is 7.66. The van der Waals surface area contributed by atoms with Crippen LogP contribution in [0, 0.1) is 0 Å². The number of hydrogen-bond acceptors (Lipinski definition) is 4. The molecule has 0 unspecified atom stereocenters. The molecule has 0 saturated heterocycles. The number of ketones is 1. The van der Waals surface area contributed by atoms with Crippen LogP contribution in [0.4, 0.5) is 26.3 Å². The quantitative estimate of drug-likeness (QED) is 0.583. The highest BCUT2D eigenvalue weighted by Gasteiger charge is 2.30. The Morgan fingerprint density at radius 2 is 1.70 bits per heavy atom. The van der Waals surface area contributed by atoms with Gasteiger partial charge in [0.15, 0.2) is 6.61 Å². The van der Waals surface area contributed by atoms with Gasteiger partial charge in [-0.15, -0.1) is 0 Å². The van der Waals surface area contributed by atoms with Crippen LogP contribution in [0.1, 0.15) is 35.6 Å². The maximum atomic E-state index is 12.6. The van der Waals surface area contributed by atoms with Crippen molar-refractivity contribution in [3.05, 3.63) is 59.4 Å². The Balaban J connectivity index is 1.99. The number of alkyl halides is 6. The molecule has 0 radical (unpaired) electrons. The highest BCUT2D eigenvalue weighted by molar-refractivity contribution is 5.81. The summed E-state index contributed by atoms with van der Waals surface area (Å²) in [6.07, 6.45) is -7.36. The molecule has 0 aliphatic carbocycles. The average Bonchev–Trinajstić information content (AvgIpc) is 2.65. The van der Waals surface area contributed by atoms with E-state index in [1.54, 1.807) is 0 Å². The van der Waals surface area contributed by atoms with Crippen molar-refractivity contribution in [1.29, 1.82) is 0 Å². The lowest BCUT2D eigenvalue weighted by molar-refractivity contribution is -0.153. The van der Waals surface area contributed by atoms with Crippen LogP contribution in [-0.2, 0) is 17.4 Å². The first-order valence-electron chi connectivity index (χ1n) is 9.01. The van der Waals surface area contributed by atoms with E-state index in [2.05, 4.69) is 9.72 Å². The number of ether oxygens (including phenoxy) is 1. The molecule has 0 aliphatic rings. The van der Waals surface area contributed by atoms with E-state index in [-0.39, 0.29) is 36.8 Å². The maximum Gasteiger partial charge on any atom is 0.422 e. The second kappa shape index (κ2) is 9.92. The smallest absolute Gasteiger partial charge is 0.422 e. The van der Waals surface area contributed by atoms with E-state index >= 15 is 0 Å². The summed E-state index contributed by atoms with van der Waals surface area (Å²) in [4.78, 5) is 16.5. The lowest BCUT2D eigenvalue weighted by atomic mass is 9.92. The monoisotopic (exact) mass is 434 g/mol. The molecule has 0 saturated carbocycles. The van der Waals surface area contributed by atoms with Crippen LogP contribution in [0.25, 0.3) is 0 Å². The van der Waals surface area contributed by atoms with E-state index in [4.69, 9.17) is 5.73 Å². The Morgan fingerprint density at radius 3 is 2.20 bits per heavy atom. The van der Waals surface area contributed by atoms with Gasteiger partial charge in [0.1, 0.15) is 11.5 Å². The number of aromatic nitrogens is 1. The van der Waals surface area contributed by atoms with E-state index in [1.807, 2.05) is 0 Å². The third-order valence-electron chi connectivity index (χ3n) is 4.25. The minimum absolute atomic E-state index is 0.0496. The summed E-state index contributed by atoms with van der Waals surface area (Å²) in [7, 11) is 0. The molecule has 2 N–H and O–H groups in total. The first kappa shape index (κ1) is 23.7. The van der Waals surface area contributed by atoms with Crippen LogP contribution >= 0.6 is 0 Å². The molecule has 0 amide bonds. The minimum Gasteiger partial charge on any atom is -0.483 e. The number of pyridine rings is 1. The zero-order chi connectivity index (χ0) is 22.4. The van der Waals surface area contributed by atoms with Crippen molar-refractivity contribution >= 4 is 5.78 Å². The van der Waals surface area contributed by atoms with Gasteiger partial charge in [0.2, 0.25) is 0 Å². The van der Waals surface area contributed by atoms with E-state index in [0.29, 0.717) is 17.7 Å². The maximum absolute atomic E-state index is 12.6. The van der Waals surface area contributed by atoms with E-state index < -0.39 is 24.5 Å². The molecule has 1 atom stereocenters. The van der Waals surface area contributed by atoms with Crippen LogP contribution < -0.4 is 10.5 Å². The zero-order valence-corrected chi connectivity index (χ0v) is 15.8. The van der Waals surface area contributed by atoms with Gasteiger partial charge >= 0.3 is 12.4 Å². The van der Waals surface area contributed by atoms with Crippen LogP contribution in [0.15, 0.2) is 42.6 Å². The zero-order valence-electron chi connectivity index (χ0n) is 15.8. The van der Waals surface area contributed by atoms with Crippen molar-refractivity contribution in [2.24, 2.45) is 5.73 Å². The van der Waals surface area contributed by atoms with Crippen LogP contribution in [0.3, 0.4) is 0 Å². The topological polar surface area (TPSA) is 65.2 Å². The molecular formula is C20H20F6N2O2. The van der Waals surface area contributed by atoms with Gasteiger partial charge in [-0.25, -0.2) is 0 Å². The molecule has 1 heterocycles. The largest absolute Gasteiger partial charge is 0.483 e. The second-order valence-electron chi connectivity index (χ2n) is 6.71. The first-order valence-corrected chi connectivity index (χ1v) is 9.01. The number of hydrogen-bond donors (Lipinski definition) is 1. The van der Waals surface area contributed by atoms with Gasteiger partial charge in [0, 0.05) is 24.5 Å². The van der Waals surface area contributed by atoms with Gasteiger partial charge in [-0.1, -0.05) is 12.1 Å². The third-order valence-corrected chi connectivity index (χ3v) is 4.25. The standard InChI is InChI=1S/C20H20F6N2O2/c21-19(22,23)12-30-17-5-6-18(28-11-17)14(7-8-27)10-16(29)9-13-1-3-15(4-2-13)20(24,25)26/h1-6,11,14H,7-10,12,27H2/t14-/m0/s1. The average molecular weight is 434 g/mol. The molecule has 2 aromatic rings. The van der Waals surface area contributed by atoms with Crippen molar-refractivity contribution in [2.45, 2.75) is 37.5 Å². The van der Waals surface area contributed by atoms with Crippen molar-refractivity contribution < 1.29 is 35.9 Å². The number of nitrogens with zero attached hydrogens (tertiary/aromatic N) is 1.